The van der Waals surface area contributed by atoms with Gasteiger partial charge in [-0.3, -0.25) is 13.7 Å². The Labute approximate surface area is 502 Å². The van der Waals surface area contributed by atoms with Gasteiger partial charge in [-0.1, -0.05) is 6.92 Å². The van der Waals surface area contributed by atoms with E-state index in [1.54, 1.807) is 6.92 Å². The van der Waals surface area contributed by atoms with Crippen molar-refractivity contribution in [2.45, 2.75) is 38.3 Å². The first kappa shape index (κ1) is 62.9. The van der Waals surface area contributed by atoms with E-state index in [4.69, 9.17) is 36.2 Å². The number of sulfonamides is 2. The molecule has 0 amide bonds. The van der Waals surface area contributed by atoms with Crippen molar-refractivity contribution in [1.82, 2.24) is 59.5 Å². The maximum absolute atomic E-state index is 13.1. The van der Waals surface area contributed by atoms with E-state index in [1.165, 1.54) is 72.8 Å². The average Bonchev–Trinajstić information content (AvgIpc) is 1.65. The summed E-state index contributed by atoms with van der Waals surface area (Å²) in [5.74, 6) is -0.342. The minimum atomic E-state index is -4.72. The molecule has 31 nitrogen and oxygen atoms in total. The Balaban J connectivity index is 0.000000266. The van der Waals surface area contributed by atoms with Crippen LogP contribution in [-0.2, 0) is 81.8 Å². The first-order valence-corrected chi connectivity index (χ1v) is 33.4. The Kier molecular flexibility index (Phi) is 17.2. The molecule has 39 heteroatoms. The molecule has 0 spiro atoms. The number of benzene rings is 5. The van der Waals surface area contributed by atoms with Gasteiger partial charge < -0.3 is 20.6 Å². The van der Waals surface area contributed by atoms with Crippen molar-refractivity contribution in [2.75, 3.05) is 36.1 Å². The zero-order valence-corrected chi connectivity index (χ0v) is 50.0. The van der Waals surface area contributed by atoms with Crippen LogP contribution in [0.25, 0.3) is 89.7 Å². The van der Waals surface area contributed by atoms with Crippen LogP contribution in [0.4, 0.5) is 17.6 Å². The van der Waals surface area contributed by atoms with Crippen LogP contribution in [0.2, 0.25) is 5.28 Å². The molecule has 10 N–H and O–H groups in total. The van der Waals surface area contributed by atoms with Gasteiger partial charge in [0.1, 0.15) is 22.6 Å². The van der Waals surface area contributed by atoms with Crippen molar-refractivity contribution in [3.05, 3.63) is 102 Å². The minimum Gasteiger partial charge on any atom is -0.354 e. The fourth-order valence-corrected chi connectivity index (χ4v) is 12.8. The number of nitrogens with zero attached hydrogens (tertiary/aromatic N) is 9. The van der Waals surface area contributed by atoms with Crippen LogP contribution >= 0.6 is 11.6 Å². The van der Waals surface area contributed by atoms with Gasteiger partial charge in [-0.25, -0.2) is 69.2 Å². The van der Waals surface area contributed by atoms with Crippen LogP contribution in [-0.4, -0.2) is 144 Å². The molecule has 0 saturated heterocycles. The van der Waals surface area contributed by atoms with Gasteiger partial charge in [-0.2, -0.15) is 40.2 Å². The zero-order valence-electron chi connectivity index (χ0n) is 43.4. The maximum atomic E-state index is 13.1. The molecule has 0 unspecified atom stereocenters. The van der Waals surface area contributed by atoms with Crippen molar-refractivity contribution < 1.29 is 85.4 Å². The SMILES string of the molecule is CCNS(=O)(=O)c1ccc2c(c1)-c1nc-2nc2[nH]c(nc3nc(nc4[nH]c(n1)c1ccc(S(N)(=O)=O)cc41)-c1ccc(S(=O)(=O)O)cc1-3)c1ccc(S(=O)(=O)O)cc21.CCNc1nc(Cl)nc(Nc2ccc(S(=O)(=O)CCOS(=O)(=O)O)cc2)n1.[Cu]. The summed E-state index contributed by atoms with van der Waals surface area (Å²) in [7, 11) is -26.1. The number of hydrogen-bond donors (Lipinski definition) is 9. The fourth-order valence-electron chi connectivity index (χ4n) is 8.53. The van der Waals surface area contributed by atoms with Gasteiger partial charge in [0.25, 0.3) is 20.2 Å². The van der Waals surface area contributed by atoms with E-state index in [9.17, 15) is 59.6 Å². The van der Waals surface area contributed by atoms with Crippen LogP contribution in [0.1, 0.15) is 13.8 Å². The molecule has 4 aromatic heterocycles. The van der Waals surface area contributed by atoms with Gasteiger partial charge in [-0.15, -0.1) is 0 Å². The third-order valence-electron chi connectivity index (χ3n) is 12.3. The van der Waals surface area contributed by atoms with Gasteiger partial charge in [0.2, 0.25) is 37.2 Å². The first-order valence-electron chi connectivity index (χ1n) is 24.1. The molecule has 2 aliphatic rings. The number of halogens is 1. The van der Waals surface area contributed by atoms with Gasteiger partial charge in [0.05, 0.1) is 36.8 Å². The van der Waals surface area contributed by atoms with Crippen LogP contribution in [0.5, 0.6) is 0 Å². The number of anilines is 3. The standard InChI is InChI=1S/C34H24N10O10S4.C13H16ClN5O6S2.Cu/c1-2-36-56(47,48)16-4-8-20-24(12-16)32-39-27-19-7-3-15(55(35,45)46)11-23(19)31(37-27)38-29-21-9-5-17(57(49,50)51)13-25(21)34(42-29)44-30-22-10-6-18(58(52,53)54)14-26(22)33(43-30)41-28(20)40-32;1-2-15-12-17-11(14)18-13(19-12)16-9-3-5-10(6-4-9)26(20,21)8-7-25-27(22,23)24;/h3-14,36H,2H2,1H3,(H2,35,45,46)(H,49,50,51)(H,52,53,54)(H2,37,38,39,40,41,42,43,44);3-6H,2,7-8H2,1H3,(H,22,23,24)(H2,15,16,17,18,19);. The van der Waals surface area contributed by atoms with Crippen LogP contribution < -0.4 is 20.5 Å². The van der Waals surface area contributed by atoms with E-state index in [0.717, 1.165) is 24.3 Å². The zero-order chi connectivity index (χ0) is 61.2. The van der Waals surface area contributed by atoms with Crippen molar-refractivity contribution >= 4 is 134 Å². The molecule has 1 radical (unpaired) electrons. The predicted octanol–water partition coefficient (Wildman–Crippen LogP) is 4.60. The Morgan fingerprint density at radius 1 is 0.500 bits per heavy atom. The molecule has 8 bridgehead atoms. The molecule has 0 aliphatic carbocycles. The number of hydrogen-bond acceptors (Lipinski definition) is 24. The van der Waals surface area contributed by atoms with E-state index in [-0.39, 0.29) is 134 Å². The van der Waals surface area contributed by atoms with Crippen molar-refractivity contribution in [3.63, 3.8) is 0 Å². The van der Waals surface area contributed by atoms with Gasteiger partial charge in [-0.05, 0) is 116 Å². The number of nitrogens with one attached hydrogen (secondary N) is 5. The molecule has 5 aromatic carbocycles. The summed E-state index contributed by atoms with van der Waals surface area (Å²) >= 11 is 5.82. The number of primary sulfonamides is 1. The van der Waals surface area contributed by atoms with Crippen LogP contribution in [0.15, 0.2) is 122 Å². The number of nitrogens with two attached hydrogens (primary N) is 1. The van der Waals surface area contributed by atoms with E-state index in [1.807, 2.05) is 6.92 Å². The van der Waals surface area contributed by atoms with Crippen LogP contribution in [0.3, 0.4) is 0 Å². The van der Waals surface area contributed by atoms with Gasteiger partial charge in [0, 0.05) is 79.6 Å². The van der Waals surface area contributed by atoms with E-state index in [2.05, 4.69) is 59.4 Å². The molecule has 0 atom stereocenters. The second kappa shape index (κ2) is 23.6. The quantitative estimate of drug-likeness (QED) is 0.0500. The molecule has 0 fully saturated rings. The van der Waals surface area contributed by atoms with E-state index < -0.39 is 82.7 Å². The Bertz CT molecular complexity index is 5150. The van der Waals surface area contributed by atoms with Crippen molar-refractivity contribution in [1.29, 1.82) is 0 Å². The normalized spacial score (nSPS) is 12.6. The number of aromatic nitrogens is 11. The summed E-state index contributed by atoms with van der Waals surface area (Å²) in [6.07, 6.45) is 0. The third kappa shape index (κ3) is 13.5. The Morgan fingerprint density at radius 3 is 1.44 bits per heavy atom. The van der Waals surface area contributed by atoms with Gasteiger partial charge in [0.15, 0.2) is 33.1 Å². The van der Waals surface area contributed by atoms with Crippen molar-refractivity contribution in [2.24, 2.45) is 5.14 Å². The Morgan fingerprint density at radius 2 is 0.942 bits per heavy atom. The molecule has 6 heterocycles. The molecular weight excluding hydrogens is 1320 g/mol. The molecule has 86 heavy (non-hydrogen) atoms. The van der Waals surface area contributed by atoms with Crippen molar-refractivity contribution in [3.8, 4) is 45.6 Å². The summed E-state index contributed by atoms with van der Waals surface area (Å²) in [5.41, 5.74) is 1.53. The Hall–Kier alpha value is -7.66. The summed E-state index contributed by atoms with van der Waals surface area (Å²) < 4.78 is 180. The second-order valence-electron chi connectivity index (χ2n) is 17.9. The number of fused-ring (bicyclic) bond motifs is 20. The molecule has 11 rings (SSSR count). The molecule has 2 aliphatic heterocycles. The predicted molar refractivity (Wildman–Crippen MR) is 306 cm³/mol. The van der Waals surface area contributed by atoms with Crippen LogP contribution in [0, 0.1) is 0 Å². The van der Waals surface area contributed by atoms with E-state index in [0.29, 0.717) is 23.2 Å². The van der Waals surface area contributed by atoms with Gasteiger partial charge >= 0.3 is 10.4 Å². The third-order valence-corrected chi connectivity index (χ3v) is 18.8. The molecular formula is C47H40ClCuN15O16S6. The smallest absolute Gasteiger partial charge is 0.354 e. The first-order chi connectivity index (χ1) is 39.9. The topological polar surface area (TPSA) is 484 Å². The summed E-state index contributed by atoms with van der Waals surface area (Å²) in [6, 6.07) is 21.0. The summed E-state index contributed by atoms with van der Waals surface area (Å²) in [4.78, 5) is 44.7. The summed E-state index contributed by atoms with van der Waals surface area (Å²) in [6.45, 7) is 3.49. The molecule has 0 saturated carbocycles. The summed E-state index contributed by atoms with van der Waals surface area (Å²) in [5, 5.41) is 12.2. The average molecular weight is 1360 g/mol. The number of aromatic amines is 2. The number of rotatable bonds is 15. The maximum Gasteiger partial charge on any atom is 0.397 e. The largest absolute Gasteiger partial charge is 0.397 e. The number of H-pyrrole nitrogens is 2. The fraction of sp³-hybridized carbons (Fsp3) is 0.128. The molecule has 9 aromatic rings. The monoisotopic (exact) mass is 1360 g/mol. The minimum absolute atomic E-state index is 0. The van der Waals surface area contributed by atoms with E-state index >= 15 is 0 Å². The molecule has 453 valence electrons. The second-order valence-corrected chi connectivity index (χ2v) is 27.6. The number of sulfone groups is 1.